The normalized spacial score (nSPS) is 10.5. The van der Waals surface area contributed by atoms with Crippen LogP contribution in [0.15, 0.2) is 54.9 Å². The summed E-state index contributed by atoms with van der Waals surface area (Å²) in [4.78, 5) is 8.31. The van der Waals surface area contributed by atoms with Gasteiger partial charge >= 0.3 is 0 Å². The summed E-state index contributed by atoms with van der Waals surface area (Å²) >= 11 is 12.3. The largest absolute Gasteiger partial charge is 0.366 e. The standard InChI is InChI=1S/C17H13Cl2FN4/c18-13-2-1-3-14(19)17(13)24-16-8-15(22-10-23-16)21-9-11-4-6-12(20)7-5-11/h1-8,10H,9H2,(H2,21,22,23,24). The van der Waals surface area contributed by atoms with Crippen LogP contribution in [0.25, 0.3) is 0 Å². The highest BCUT2D eigenvalue weighted by Crippen LogP contribution is 2.32. The van der Waals surface area contributed by atoms with Crippen LogP contribution in [0.5, 0.6) is 0 Å². The van der Waals surface area contributed by atoms with E-state index in [-0.39, 0.29) is 5.82 Å². The molecule has 1 aromatic heterocycles. The lowest BCUT2D eigenvalue weighted by Crippen LogP contribution is -2.03. The summed E-state index contributed by atoms with van der Waals surface area (Å²) in [6.45, 7) is 0.517. The average Bonchev–Trinajstić information content (AvgIpc) is 2.58. The third-order valence-electron chi connectivity index (χ3n) is 3.27. The molecule has 0 saturated heterocycles. The Bertz CT molecular complexity index is 820. The Morgan fingerprint density at radius 3 is 2.29 bits per heavy atom. The van der Waals surface area contributed by atoms with Crippen LogP contribution in [0.1, 0.15) is 5.56 Å². The SMILES string of the molecule is Fc1ccc(CNc2cc(Nc3c(Cl)cccc3Cl)ncn2)cc1. The van der Waals surface area contributed by atoms with Crippen molar-refractivity contribution in [3.8, 4) is 0 Å². The van der Waals surface area contributed by atoms with Crippen molar-refractivity contribution in [2.45, 2.75) is 6.54 Å². The second kappa shape index (κ2) is 7.47. The average molecular weight is 363 g/mol. The molecule has 24 heavy (non-hydrogen) atoms. The van der Waals surface area contributed by atoms with Gasteiger partial charge in [0, 0.05) is 12.6 Å². The molecule has 0 unspecified atom stereocenters. The molecule has 0 amide bonds. The Morgan fingerprint density at radius 1 is 0.917 bits per heavy atom. The second-order valence-electron chi connectivity index (χ2n) is 4.99. The van der Waals surface area contributed by atoms with Crippen molar-refractivity contribution in [3.05, 3.63) is 76.3 Å². The summed E-state index contributed by atoms with van der Waals surface area (Å²) in [5.41, 5.74) is 1.53. The maximum absolute atomic E-state index is 12.9. The zero-order valence-electron chi connectivity index (χ0n) is 12.4. The first-order chi connectivity index (χ1) is 11.6. The van der Waals surface area contributed by atoms with Crippen molar-refractivity contribution in [2.75, 3.05) is 10.6 Å². The lowest BCUT2D eigenvalue weighted by molar-refractivity contribution is 0.627. The molecule has 0 aliphatic rings. The van der Waals surface area contributed by atoms with E-state index in [0.717, 1.165) is 5.56 Å². The van der Waals surface area contributed by atoms with Gasteiger partial charge in [0.2, 0.25) is 0 Å². The van der Waals surface area contributed by atoms with Gasteiger partial charge in [0.05, 0.1) is 15.7 Å². The van der Waals surface area contributed by atoms with Gasteiger partial charge in [0.25, 0.3) is 0 Å². The van der Waals surface area contributed by atoms with E-state index in [2.05, 4.69) is 20.6 Å². The molecule has 0 atom stereocenters. The Morgan fingerprint density at radius 2 is 1.58 bits per heavy atom. The summed E-state index contributed by atoms with van der Waals surface area (Å²) in [5.74, 6) is 0.922. The van der Waals surface area contributed by atoms with Crippen LogP contribution < -0.4 is 10.6 Å². The topological polar surface area (TPSA) is 49.8 Å². The van der Waals surface area contributed by atoms with E-state index in [1.54, 1.807) is 36.4 Å². The van der Waals surface area contributed by atoms with Crippen molar-refractivity contribution >= 4 is 40.5 Å². The van der Waals surface area contributed by atoms with Crippen LogP contribution in [-0.2, 0) is 6.54 Å². The predicted molar refractivity (Wildman–Crippen MR) is 95.5 cm³/mol. The highest BCUT2D eigenvalue weighted by molar-refractivity contribution is 6.39. The lowest BCUT2D eigenvalue weighted by atomic mass is 10.2. The molecule has 0 saturated carbocycles. The third kappa shape index (κ3) is 4.13. The van der Waals surface area contributed by atoms with E-state index in [9.17, 15) is 4.39 Å². The second-order valence-corrected chi connectivity index (χ2v) is 5.80. The number of anilines is 3. The minimum atomic E-state index is -0.260. The third-order valence-corrected chi connectivity index (χ3v) is 3.90. The number of rotatable bonds is 5. The maximum atomic E-state index is 12.9. The summed E-state index contributed by atoms with van der Waals surface area (Å²) in [5, 5.41) is 7.24. The molecule has 1 heterocycles. The number of nitrogens with one attached hydrogen (secondary N) is 2. The Kier molecular flexibility index (Phi) is 5.13. The zero-order valence-corrected chi connectivity index (χ0v) is 13.9. The molecule has 0 radical (unpaired) electrons. The van der Waals surface area contributed by atoms with Crippen LogP contribution in [0.4, 0.5) is 21.7 Å². The number of nitrogens with zero attached hydrogens (tertiary/aromatic N) is 2. The fourth-order valence-electron chi connectivity index (χ4n) is 2.06. The van der Waals surface area contributed by atoms with Gasteiger partial charge in [-0.15, -0.1) is 0 Å². The first-order valence-corrected chi connectivity index (χ1v) is 7.89. The van der Waals surface area contributed by atoms with Crippen LogP contribution in [0, 0.1) is 5.82 Å². The van der Waals surface area contributed by atoms with Gasteiger partial charge in [-0.25, -0.2) is 14.4 Å². The number of hydrogen-bond donors (Lipinski definition) is 2. The first kappa shape index (κ1) is 16.5. The van der Waals surface area contributed by atoms with Crippen molar-refractivity contribution in [1.29, 1.82) is 0 Å². The van der Waals surface area contributed by atoms with E-state index in [0.29, 0.717) is 33.9 Å². The van der Waals surface area contributed by atoms with Crippen LogP contribution in [0.3, 0.4) is 0 Å². The summed E-state index contributed by atoms with van der Waals surface area (Å²) in [6, 6.07) is 13.3. The minimum Gasteiger partial charge on any atom is -0.366 e. The maximum Gasteiger partial charge on any atom is 0.135 e. The molecule has 4 nitrogen and oxygen atoms in total. The zero-order chi connectivity index (χ0) is 16.9. The molecule has 7 heteroatoms. The van der Waals surface area contributed by atoms with Crippen LogP contribution >= 0.6 is 23.2 Å². The van der Waals surface area contributed by atoms with Crippen molar-refractivity contribution < 1.29 is 4.39 Å². The molecule has 0 aliphatic carbocycles. The number of aromatic nitrogens is 2. The molecule has 0 bridgehead atoms. The quantitative estimate of drug-likeness (QED) is 0.648. The number of halogens is 3. The fourth-order valence-corrected chi connectivity index (χ4v) is 2.55. The molecule has 0 fully saturated rings. The number of benzene rings is 2. The Hall–Kier alpha value is -2.37. The van der Waals surface area contributed by atoms with E-state index in [1.807, 2.05) is 0 Å². The van der Waals surface area contributed by atoms with Gasteiger partial charge in [-0.1, -0.05) is 41.4 Å². The van der Waals surface area contributed by atoms with Gasteiger partial charge in [-0.3, -0.25) is 0 Å². The number of hydrogen-bond acceptors (Lipinski definition) is 4. The van der Waals surface area contributed by atoms with Crippen molar-refractivity contribution in [1.82, 2.24) is 9.97 Å². The van der Waals surface area contributed by atoms with E-state index in [1.165, 1.54) is 18.5 Å². The van der Waals surface area contributed by atoms with Crippen LogP contribution in [0.2, 0.25) is 10.0 Å². The highest BCUT2D eigenvalue weighted by Gasteiger charge is 2.07. The van der Waals surface area contributed by atoms with E-state index < -0.39 is 0 Å². The molecule has 2 N–H and O–H groups in total. The lowest BCUT2D eigenvalue weighted by Gasteiger charge is -2.11. The molecular formula is C17H13Cl2FN4. The summed E-state index contributed by atoms with van der Waals surface area (Å²) in [6.07, 6.45) is 1.43. The first-order valence-electron chi connectivity index (χ1n) is 7.13. The van der Waals surface area contributed by atoms with Gasteiger partial charge in [-0.2, -0.15) is 0 Å². The van der Waals surface area contributed by atoms with Crippen molar-refractivity contribution in [2.24, 2.45) is 0 Å². The van der Waals surface area contributed by atoms with Crippen molar-refractivity contribution in [3.63, 3.8) is 0 Å². The van der Waals surface area contributed by atoms with Gasteiger partial charge in [-0.05, 0) is 29.8 Å². The Labute approximate surface area is 148 Å². The van der Waals surface area contributed by atoms with Gasteiger partial charge in [0.15, 0.2) is 0 Å². The smallest absolute Gasteiger partial charge is 0.135 e. The fraction of sp³-hybridized carbons (Fsp3) is 0.0588. The molecule has 0 aliphatic heterocycles. The predicted octanol–water partition coefficient (Wildman–Crippen LogP) is 5.28. The highest BCUT2D eigenvalue weighted by atomic mass is 35.5. The molecule has 0 spiro atoms. The summed E-state index contributed by atoms with van der Waals surface area (Å²) < 4.78 is 12.9. The van der Waals surface area contributed by atoms with Gasteiger partial charge < -0.3 is 10.6 Å². The number of para-hydroxylation sites is 1. The molecular weight excluding hydrogens is 350 g/mol. The molecule has 2 aromatic carbocycles. The molecule has 3 aromatic rings. The molecule has 3 rings (SSSR count). The monoisotopic (exact) mass is 362 g/mol. The van der Waals surface area contributed by atoms with E-state index >= 15 is 0 Å². The molecule has 122 valence electrons. The van der Waals surface area contributed by atoms with Gasteiger partial charge in [0.1, 0.15) is 23.8 Å². The Balaban J connectivity index is 1.71. The summed E-state index contributed by atoms with van der Waals surface area (Å²) in [7, 11) is 0. The van der Waals surface area contributed by atoms with Crippen LogP contribution in [-0.4, -0.2) is 9.97 Å². The van der Waals surface area contributed by atoms with E-state index in [4.69, 9.17) is 23.2 Å². The minimum absolute atomic E-state index is 0.260.